The summed E-state index contributed by atoms with van der Waals surface area (Å²) in [5.74, 6) is 0.295. The SMILES string of the molecule is O=C(CSC(=S)N1C[C@@H]2C[C@H](C1)c1cccc(=O)n1C2)Nc1cc([N+](=O)[O-])ccc1Cl. The number of thiocarbonyl (C=S) groups is 1. The number of nitrogens with one attached hydrogen (secondary N) is 1. The highest BCUT2D eigenvalue weighted by Crippen LogP contribution is 2.36. The number of non-ortho nitro benzene ring substituents is 1. The van der Waals surface area contributed by atoms with Gasteiger partial charge in [-0.05, 0) is 24.5 Å². The number of carbonyl (C=O) groups is 1. The molecule has 1 N–H and O–H groups in total. The zero-order valence-electron chi connectivity index (χ0n) is 16.3. The van der Waals surface area contributed by atoms with Gasteiger partial charge in [-0.15, -0.1) is 0 Å². The van der Waals surface area contributed by atoms with Gasteiger partial charge in [0.2, 0.25) is 5.91 Å². The molecule has 0 spiro atoms. The van der Waals surface area contributed by atoms with Crippen LogP contribution in [0.25, 0.3) is 0 Å². The fraction of sp³-hybridized carbons (Fsp3) is 0.350. The van der Waals surface area contributed by atoms with Crippen LogP contribution in [-0.2, 0) is 11.3 Å². The Bertz CT molecular complexity index is 1120. The quantitative estimate of drug-likeness (QED) is 0.408. The average molecular weight is 479 g/mol. The number of nitro groups is 1. The topological polar surface area (TPSA) is 97.5 Å². The normalized spacial score (nSPS) is 19.5. The predicted octanol–water partition coefficient (Wildman–Crippen LogP) is 3.49. The van der Waals surface area contributed by atoms with Crippen LogP contribution in [0.3, 0.4) is 0 Å². The van der Waals surface area contributed by atoms with E-state index in [0.717, 1.165) is 18.7 Å². The number of pyridine rings is 1. The van der Waals surface area contributed by atoms with E-state index in [0.29, 0.717) is 23.3 Å². The molecule has 1 amide bonds. The van der Waals surface area contributed by atoms with Gasteiger partial charge in [-0.3, -0.25) is 19.7 Å². The Labute approximate surface area is 192 Å². The van der Waals surface area contributed by atoms with Crippen molar-refractivity contribution in [1.82, 2.24) is 9.47 Å². The Hall–Kier alpha value is -2.43. The Balaban J connectivity index is 1.36. The van der Waals surface area contributed by atoms with Crippen LogP contribution in [0.2, 0.25) is 5.02 Å². The van der Waals surface area contributed by atoms with Crippen molar-refractivity contribution < 1.29 is 9.72 Å². The Morgan fingerprint density at radius 2 is 2.10 bits per heavy atom. The summed E-state index contributed by atoms with van der Waals surface area (Å²) in [4.78, 5) is 37.0. The third-order valence-corrected chi connectivity index (χ3v) is 7.35. The van der Waals surface area contributed by atoms with E-state index in [2.05, 4.69) is 10.2 Å². The maximum atomic E-state index is 12.4. The number of aromatic nitrogens is 1. The number of carbonyl (C=O) groups excluding carboxylic acids is 1. The van der Waals surface area contributed by atoms with E-state index in [1.165, 1.54) is 30.0 Å². The molecule has 0 radical (unpaired) electrons. The molecule has 4 rings (SSSR count). The number of rotatable bonds is 4. The maximum absolute atomic E-state index is 12.4. The van der Waals surface area contributed by atoms with Crippen molar-refractivity contribution in [2.24, 2.45) is 5.92 Å². The highest BCUT2D eigenvalue weighted by Gasteiger charge is 2.35. The number of nitrogens with zero attached hydrogens (tertiary/aromatic N) is 3. The Morgan fingerprint density at radius 3 is 2.87 bits per heavy atom. The largest absolute Gasteiger partial charge is 0.356 e. The van der Waals surface area contributed by atoms with Crippen LogP contribution >= 0.6 is 35.6 Å². The first-order chi connectivity index (χ1) is 14.8. The molecule has 0 aliphatic carbocycles. The summed E-state index contributed by atoms with van der Waals surface area (Å²) in [7, 11) is 0. The second-order valence-corrected chi connectivity index (χ2v) is 9.64. The van der Waals surface area contributed by atoms with Gasteiger partial charge < -0.3 is 14.8 Å². The van der Waals surface area contributed by atoms with E-state index in [4.69, 9.17) is 23.8 Å². The predicted molar refractivity (Wildman–Crippen MR) is 125 cm³/mol. The molecule has 11 heteroatoms. The van der Waals surface area contributed by atoms with Gasteiger partial charge in [0.1, 0.15) is 4.32 Å². The average Bonchev–Trinajstić information content (AvgIpc) is 2.74. The second-order valence-electron chi connectivity index (χ2n) is 7.63. The number of benzene rings is 1. The Morgan fingerprint density at radius 1 is 1.29 bits per heavy atom. The van der Waals surface area contributed by atoms with Crippen molar-refractivity contribution in [2.75, 3.05) is 24.2 Å². The molecule has 1 aromatic heterocycles. The molecule has 162 valence electrons. The van der Waals surface area contributed by atoms with Crippen molar-refractivity contribution in [2.45, 2.75) is 18.9 Å². The van der Waals surface area contributed by atoms with E-state index >= 15 is 0 Å². The minimum Gasteiger partial charge on any atom is -0.356 e. The third-order valence-electron chi connectivity index (χ3n) is 5.50. The van der Waals surface area contributed by atoms with Gasteiger partial charge in [-0.2, -0.15) is 0 Å². The van der Waals surface area contributed by atoms with Crippen LogP contribution in [0, 0.1) is 16.0 Å². The zero-order chi connectivity index (χ0) is 22.1. The van der Waals surface area contributed by atoms with Gasteiger partial charge >= 0.3 is 0 Å². The summed E-state index contributed by atoms with van der Waals surface area (Å²) < 4.78 is 2.49. The van der Waals surface area contributed by atoms with Gasteiger partial charge in [0.15, 0.2) is 0 Å². The van der Waals surface area contributed by atoms with Crippen LogP contribution in [0.15, 0.2) is 41.2 Å². The van der Waals surface area contributed by atoms with Crippen molar-refractivity contribution in [1.29, 1.82) is 0 Å². The smallest absolute Gasteiger partial charge is 0.271 e. The summed E-state index contributed by atoms with van der Waals surface area (Å²) in [6.45, 7) is 2.15. The molecule has 8 nitrogen and oxygen atoms in total. The molecule has 0 unspecified atom stereocenters. The van der Waals surface area contributed by atoms with E-state index in [1.54, 1.807) is 12.1 Å². The van der Waals surface area contributed by atoms with Crippen LogP contribution < -0.4 is 10.9 Å². The van der Waals surface area contributed by atoms with Crippen molar-refractivity contribution >= 4 is 57.2 Å². The van der Waals surface area contributed by atoms with Crippen molar-refractivity contribution in [3.63, 3.8) is 0 Å². The van der Waals surface area contributed by atoms with E-state index in [9.17, 15) is 19.7 Å². The van der Waals surface area contributed by atoms with Crippen molar-refractivity contribution in [3.8, 4) is 0 Å². The van der Waals surface area contributed by atoms with Crippen LogP contribution in [0.1, 0.15) is 18.0 Å². The lowest BCUT2D eigenvalue weighted by molar-refractivity contribution is -0.384. The minimum atomic E-state index is -0.546. The van der Waals surface area contributed by atoms with E-state index in [1.807, 2.05) is 10.6 Å². The molecule has 1 aromatic carbocycles. The first kappa shape index (κ1) is 21.8. The van der Waals surface area contributed by atoms with Gasteiger partial charge in [-0.25, -0.2) is 0 Å². The highest BCUT2D eigenvalue weighted by atomic mass is 35.5. The highest BCUT2D eigenvalue weighted by molar-refractivity contribution is 8.23. The summed E-state index contributed by atoms with van der Waals surface area (Å²) in [5.41, 5.74) is 1.12. The standard InChI is InChI=1S/C20H19ClN4O4S2/c21-15-5-4-14(25(28)29)7-16(15)22-18(26)11-31-20(30)23-8-12-6-13(10-23)17-2-1-3-19(27)24(17)9-12/h1-5,7,12-13H,6,8-11H2,(H,22,26)/t12-,13+/m0/s1. The molecule has 2 atom stereocenters. The number of nitro benzene ring substituents is 1. The number of likely N-dealkylation sites (tertiary alicyclic amines) is 1. The van der Waals surface area contributed by atoms with Crippen LogP contribution in [-0.4, -0.2) is 43.5 Å². The molecule has 2 aromatic rings. The number of fused-ring (bicyclic) bond motifs is 4. The van der Waals surface area contributed by atoms with E-state index < -0.39 is 4.92 Å². The minimum absolute atomic E-state index is 0.0362. The summed E-state index contributed by atoms with van der Waals surface area (Å²) in [5, 5.41) is 13.8. The van der Waals surface area contributed by atoms with Crippen LogP contribution in [0.5, 0.6) is 0 Å². The summed E-state index contributed by atoms with van der Waals surface area (Å²) >= 11 is 12.8. The van der Waals surface area contributed by atoms with E-state index in [-0.39, 0.29) is 39.5 Å². The number of hydrogen-bond donors (Lipinski definition) is 1. The lowest BCUT2D eigenvalue weighted by Gasteiger charge is -2.43. The molecule has 2 aliphatic rings. The lowest BCUT2D eigenvalue weighted by Crippen LogP contribution is -2.48. The molecule has 2 bridgehead atoms. The Kier molecular flexibility index (Phi) is 6.31. The van der Waals surface area contributed by atoms with Gasteiger partial charge in [-0.1, -0.05) is 41.6 Å². The molecular weight excluding hydrogens is 460 g/mol. The molecule has 2 aliphatic heterocycles. The third kappa shape index (κ3) is 4.76. The number of amides is 1. The number of halogens is 1. The fourth-order valence-corrected chi connectivity index (χ4v) is 5.32. The molecule has 1 fully saturated rings. The maximum Gasteiger partial charge on any atom is 0.271 e. The van der Waals surface area contributed by atoms with Gasteiger partial charge in [0.05, 0.1) is 21.4 Å². The monoisotopic (exact) mass is 478 g/mol. The molecule has 3 heterocycles. The van der Waals surface area contributed by atoms with Crippen molar-refractivity contribution in [3.05, 3.63) is 67.6 Å². The zero-order valence-corrected chi connectivity index (χ0v) is 18.7. The van der Waals surface area contributed by atoms with Crippen LogP contribution in [0.4, 0.5) is 11.4 Å². The fourth-order valence-electron chi connectivity index (χ4n) is 4.17. The molecule has 0 saturated carbocycles. The number of thioether (sulfide) groups is 1. The second kappa shape index (κ2) is 8.97. The summed E-state index contributed by atoms with van der Waals surface area (Å²) in [6, 6.07) is 9.27. The first-order valence-corrected chi connectivity index (χ1v) is 11.4. The number of hydrogen-bond acceptors (Lipinski definition) is 6. The lowest BCUT2D eigenvalue weighted by atomic mass is 9.83. The number of anilines is 1. The molecule has 1 saturated heterocycles. The molecular formula is C20H19ClN4O4S2. The van der Waals surface area contributed by atoms with Gasteiger partial charge in [0, 0.05) is 49.4 Å². The summed E-state index contributed by atoms with van der Waals surface area (Å²) in [6.07, 6.45) is 1.03. The first-order valence-electron chi connectivity index (χ1n) is 9.67. The molecule has 31 heavy (non-hydrogen) atoms. The number of piperidine rings is 1. The van der Waals surface area contributed by atoms with Gasteiger partial charge in [0.25, 0.3) is 11.2 Å².